The molecule has 1 aromatic carbocycles. The predicted octanol–water partition coefficient (Wildman–Crippen LogP) is 2.60. The number of urea groups is 1. The van der Waals surface area contributed by atoms with Crippen LogP contribution in [0.3, 0.4) is 0 Å². The van der Waals surface area contributed by atoms with Gasteiger partial charge < -0.3 is 20.7 Å². The summed E-state index contributed by atoms with van der Waals surface area (Å²) in [6, 6.07) is 7.62. The molecule has 1 aliphatic rings. The van der Waals surface area contributed by atoms with E-state index in [2.05, 4.69) is 5.32 Å². The second-order valence-electron chi connectivity index (χ2n) is 5.75. The summed E-state index contributed by atoms with van der Waals surface area (Å²) in [6.07, 6.45) is 2.15. The van der Waals surface area contributed by atoms with E-state index in [1.807, 2.05) is 36.1 Å². The van der Waals surface area contributed by atoms with E-state index in [0.717, 1.165) is 37.2 Å². The van der Waals surface area contributed by atoms with Gasteiger partial charge in [0.2, 0.25) is 0 Å². The molecular weight excluding hydrogens is 266 g/mol. The number of nitrogens with one attached hydrogen (secondary N) is 1. The molecule has 1 aromatic rings. The summed E-state index contributed by atoms with van der Waals surface area (Å²) < 4.78 is 5.20. The van der Waals surface area contributed by atoms with Gasteiger partial charge in [-0.3, -0.25) is 0 Å². The van der Waals surface area contributed by atoms with Crippen molar-refractivity contribution in [2.75, 3.05) is 32.1 Å². The van der Waals surface area contributed by atoms with Crippen molar-refractivity contribution in [1.29, 1.82) is 0 Å². The summed E-state index contributed by atoms with van der Waals surface area (Å²) in [5.74, 6) is 0.435. The number of hydrogen-bond donors (Lipinski definition) is 2. The van der Waals surface area contributed by atoms with Gasteiger partial charge >= 0.3 is 6.03 Å². The first-order valence-corrected chi connectivity index (χ1v) is 7.50. The number of likely N-dealkylation sites (tertiary alicyclic amines) is 1. The van der Waals surface area contributed by atoms with Crippen LogP contribution < -0.4 is 11.1 Å². The molecule has 0 bridgehead atoms. The summed E-state index contributed by atoms with van der Waals surface area (Å²) in [5.41, 5.74) is 7.68. The maximum atomic E-state index is 12.3. The topological polar surface area (TPSA) is 67.6 Å². The Labute approximate surface area is 126 Å². The highest BCUT2D eigenvalue weighted by Crippen LogP contribution is 2.19. The highest BCUT2D eigenvalue weighted by molar-refractivity contribution is 5.89. The number of nitrogens with zero attached hydrogens (tertiary/aromatic N) is 1. The monoisotopic (exact) mass is 291 g/mol. The molecule has 5 nitrogen and oxygen atoms in total. The lowest BCUT2D eigenvalue weighted by molar-refractivity contribution is 0.104. The lowest BCUT2D eigenvalue weighted by Crippen LogP contribution is -2.43. The summed E-state index contributed by atoms with van der Waals surface area (Å²) in [4.78, 5) is 14.2. The number of anilines is 1. The minimum absolute atomic E-state index is 0.0390. The van der Waals surface area contributed by atoms with Gasteiger partial charge in [0.1, 0.15) is 0 Å². The molecule has 1 heterocycles. The minimum atomic E-state index is -0.0439. The molecular formula is C16H25N3O2. The van der Waals surface area contributed by atoms with Crippen LogP contribution in [0.2, 0.25) is 0 Å². The van der Waals surface area contributed by atoms with Gasteiger partial charge in [-0.05, 0) is 37.5 Å². The third-order valence-electron chi connectivity index (χ3n) is 3.87. The maximum absolute atomic E-state index is 12.3. The van der Waals surface area contributed by atoms with E-state index in [1.54, 1.807) is 7.11 Å². The lowest BCUT2D eigenvalue weighted by Gasteiger charge is -2.32. The first-order chi connectivity index (χ1) is 10.1. The van der Waals surface area contributed by atoms with Crippen molar-refractivity contribution in [2.45, 2.75) is 25.8 Å². The molecule has 2 rings (SSSR count). The standard InChI is InChI=1S/C16H25N3O2/c1-12(17)14-6-3-7-15(9-14)18-16(20)19-8-4-5-13(10-19)11-21-2/h3,6-7,9,12-13H,4-5,8,10-11,17H2,1-2H3,(H,18,20). The third-order valence-corrected chi connectivity index (χ3v) is 3.87. The first-order valence-electron chi connectivity index (χ1n) is 7.50. The van der Waals surface area contributed by atoms with Crippen LogP contribution in [0.25, 0.3) is 0 Å². The molecule has 3 N–H and O–H groups in total. The second kappa shape index (κ2) is 7.43. The highest BCUT2D eigenvalue weighted by Gasteiger charge is 2.23. The predicted molar refractivity (Wildman–Crippen MR) is 84.2 cm³/mol. The van der Waals surface area contributed by atoms with Crippen molar-refractivity contribution in [3.05, 3.63) is 29.8 Å². The fourth-order valence-electron chi connectivity index (χ4n) is 2.72. The van der Waals surface area contributed by atoms with Crippen molar-refractivity contribution < 1.29 is 9.53 Å². The van der Waals surface area contributed by atoms with Crippen molar-refractivity contribution >= 4 is 11.7 Å². The number of hydrogen-bond acceptors (Lipinski definition) is 3. The average molecular weight is 291 g/mol. The quantitative estimate of drug-likeness (QED) is 0.896. The molecule has 1 saturated heterocycles. The third kappa shape index (κ3) is 4.44. The largest absolute Gasteiger partial charge is 0.384 e. The van der Waals surface area contributed by atoms with Crippen LogP contribution in [0.15, 0.2) is 24.3 Å². The molecule has 116 valence electrons. The molecule has 0 aromatic heterocycles. The number of carbonyl (C=O) groups excluding carboxylic acids is 1. The first kappa shape index (κ1) is 15.8. The average Bonchev–Trinajstić information content (AvgIpc) is 2.48. The van der Waals surface area contributed by atoms with Gasteiger partial charge in [0.15, 0.2) is 0 Å². The van der Waals surface area contributed by atoms with Gasteiger partial charge in [-0.1, -0.05) is 12.1 Å². The molecule has 5 heteroatoms. The number of carbonyl (C=O) groups is 1. The number of benzene rings is 1. The van der Waals surface area contributed by atoms with Gasteiger partial charge in [-0.25, -0.2) is 4.79 Å². The number of amides is 2. The van der Waals surface area contributed by atoms with Crippen molar-refractivity contribution in [3.63, 3.8) is 0 Å². The summed E-state index contributed by atoms with van der Waals surface area (Å²) in [6.45, 7) is 4.20. The smallest absolute Gasteiger partial charge is 0.321 e. The number of methoxy groups -OCH3 is 1. The summed E-state index contributed by atoms with van der Waals surface area (Å²) >= 11 is 0. The van der Waals surface area contributed by atoms with Crippen LogP contribution in [-0.2, 0) is 4.74 Å². The Hall–Kier alpha value is -1.59. The van der Waals surface area contributed by atoms with E-state index in [0.29, 0.717) is 12.5 Å². The molecule has 21 heavy (non-hydrogen) atoms. The molecule has 1 aliphatic heterocycles. The van der Waals surface area contributed by atoms with Gasteiger partial charge in [0, 0.05) is 37.8 Å². The normalized spacial score (nSPS) is 20.1. The van der Waals surface area contributed by atoms with Crippen LogP contribution >= 0.6 is 0 Å². The van der Waals surface area contributed by atoms with E-state index in [9.17, 15) is 4.79 Å². The fraction of sp³-hybridized carbons (Fsp3) is 0.562. The maximum Gasteiger partial charge on any atom is 0.321 e. The number of ether oxygens (including phenoxy) is 1. The molecule has 0 spiro atoms. The Balaban J connectivity index is 1.96. The van der Waals surface area contributed by atoms with Crippen LogP contribution in [-0.4, -0.2) is 37.7 Å². The SMILES string of the molecule is COCC1CCCN(C(=O)Nc2cccc(C(C)N)c2)C1. The number of rotatable bonds is 4. The van der Waals surface area contributed by atoms with Crippen molar-refractivity contribution in [1.82, 2.24) is 4.90 Å². The molecule has 2 atom stereocenters. The van der Waals surface area contributed by atoms with Crippen LogP contribution in [0.5, 0.6) is 0 Å². The molecule has 2 unspecified atom stereocenters. The van der Waals surface area contributed by atoms with Crippen LogP contribution in [0.4, 0.5) is 10.5 Å². The van der Waals surface area contributed by atoms with E-state index in [1.165, 1.54) is 0 Å². The lowest BCUT2D eigenvalue weighted by atomic mass is 9.99. The number of piperidine rings is 1. The van der Waals surface area contributed by atoms with Gasteiger partial charge in [0.05, 0.1) is 6.61 Å². The molecule has 0 aliphatic carbocycles. The zero-order chi connectivity index (χ0) is 15.2. The Bertz CT molecular complexity index is 474. The Morgan fingerprint density at radius 2 is 2.38 bits per heavy atom. The van der Waals surface area contributed by atoms with E-state index in [-0.39, 0.29) is 12.1 Å². The second-order valence-corrected chi connectivity index (χ2v) is 5.75. The molecule has 1 fully saturated rings. The van der Waals surface area contributed by atoms with Crippen molar-refractivity contribution in [2.24, 2.45) is 11.7 Å². The van der Waals surface area contributed by atoms with Crippen LogP contribution in [0, 0.1) is 5.92 Å². The molecule has 2 amide bonds. The Kier molecular flexibility index (Phi) is 5.59. The van der Waals surface area contributed by atoms with Crippen molar-refractivity contribution in [3.8, 4) is 0 Å². The Morgan fingerprint density at radius 3 is 3.10 bits per heavy atom. The van der Waals surface area contributed by atoms with Gasteiger partial charge in [0.25, 0.3) is 0 Å². The van der Waals surface area contributed by atoms with Gasteiger partial charge in [-0.15, -0.1) is 0 Å². The van der Waals surface area contributed by atoms with Gasteiger partial charge in [-0.2, -0.15) is 0 Å². The summed E-state index contributed by atoms with van der Waals surface area (Å²) in [7, 11) is 1.71. The van der Waals surface area contributed by atoms with E-state index >= 15 is 0 Å². The van der Waals surface area contributed by atoms with Crippen LogP contribution in [0.1, 0.15) is 31.4 Å². The fourth-order valence-corrected chi connectivity index (χ4v) is 2.72. The zero-order valence-corrected chi connectivity index (χ0v) is 12.8. The number of nitrogens with two attached hydrogens (primary N) is 1. The highest BCUT2D eigenvalue weighted by atomic mass is 16.5. The minimum Gasteiger partial charge on any atom is -0.384 e. The zero-order valence-electron chi connectivity index (χ0n) is 12.8. The molecule has 0 radical (unpaired) electrons. The summed E-state index contributed by atoms with van der Waals surface area (Å²) in [5, 5.41) is 2.96. The Morgan fingerprint density at radius 1 is 1.57 bits per heavy atom. The van der Waals surface area contributed by atoms with E-state index in [4.69, 9.17) is 10.5 Å². The van der Waals surface area contributed by atoms with E-state index < -0.39 is 0 Å². The molecule has 0 saturated carbocycles.